The molecule has 16 nitrogen and oxygen atoms in total. The third-order valence-corrected chi connectivity index (χ3v) is 5.67. The maximum absolute atomic E-state index is 11.4. The van der Waals surface area contributed by atoms with Crippen molar-refractivity contribution >= 4 is 5.97 Å². The molecule has 0 bridgehead atoms. The van der Waals surface area contributed by atoms with Gasteiger partial charge in [0.15, 0.2) is 25.0 Å². The zero-order valence-electron chi connectivity index (χ0n) is 16.9. The van der Waals surface area contributed by atoms with Crippen LogP contribution in [0.3, 0.4) is 0 Å². The molecule has 3 aliphatic rings. The molecule has 3 aliphatic heterocycles. The fourth-order valence-electron chi connectivity index (χ4n) is 3.73. The van der Waals surface area contributed by atoms with E-state index < -0.39 is 105 Å². The Morgan fingerprint density at radius 1 is 0.758 bits per heavy atom. The smallest absolute Gasteiger partial charge is 0.335 e. The second-order valence-electron chi connectivity index (χ2n) is 7.93. The molecule has 14 atom stereocenters. The fourth-order valence-corrected chi connectivity index (χ4v) is 3.73. The van der Waals surface area contributed by atoms with Crippen LogP contribution >= 0.6 is 0 Å². The molecule has 0 spiro atoms. The van der Waals surface area contributed by atoms with Crippen LogP contribution in [0.1, 0.15) is 0 Å². The van der Waals surface area contributed by atoms with Gasteiger partial charge in [-0.25, -0.2) is 4.79 Å². The van der Waals surface area contributed by atoms with Crippen LogP contribution in [-0.4, -0.2) is 156 Å². The fraction of sp³-hybridized carbons (Fsp3) is 0.941. The van der Waals surface area contributed by atoms with Crippen molar-refractivity contribution in [3.8, 4) is 0 Å². The predicted molar refractivity (Wildman–Crippen MR) is 95.8 cm³/mol. The molecular weight excluding hydrogens is 460 g/mol. The summed E-state index contributed by atoms with van der Waals surface area (Å²) in [6.07, 6.45) is -25.4. The molecule has 3 fully saturated rings. The molecule has 16 heteroatoms. The van der Waals surface area contributed by atoms with Crippen LogP contribution in [0, 0.1) is 0 Å². The molecule has 192 valence electrons. The number of hydrogen-bond acceptors (Lipinski definition) is 15. The Bertz CT molecular complexity index is 663. The van der Waals surface area contributed by atoms with E-state index in [0.717, 1.165) is 0 Å². The molecule has 0 aliphatic carbocycles. The van der Waals surface area contributed by atoms with Crippen molar-refractivity contribution < 1.29 is 79.5 Å². The molecule has 0 aromatic heterocycles. The molecule has 3 heterocycles. The van der Waals surface area contributed by atoms with E-state index >= 15 is 0 Å². The lowest BCUT2D eigenvalue weighted by Gasteiger charge is -2.47. The molecule has 0 saturated carbocycles. The number of carbonyl (C=O) groups is 1. The van der Waals surface area contributed by atoms with Gasteiger partial charge in [0.1, 0.15) is 61.0 Å². The van der Waals surface area contributed by atoms with Crippen molar-refractivity contribution in [1.29, 1.82) is 0 Å². The Balaban J connectivity index is 1.83. The minimum Gasteiger partial charge on any atom is -0.479 e. The number of hydrogen-bond donors (Lipinski definition) is 10. The van der Waals surface area contributed by atoms with Gasteiger partial charge in [0.05, 0.1) is 13.2 Å². The molecule has 10 N–H and O–H groups in total. The third-order valence-electron chi connectivity index (χ3n) is 5.67. The molecule has 0 radical (unpaired) electrons. The van der Waals surface area contributed by atoms with Crippen LogP contribution in [0.2, 0.25) is 0 Å². The highest BCUT2D eigenvalue weighted by Gasteiger charge is 2.54. The van der Waals surface area contributed by atoms with Crippen molar-refractivity contribution in [1.82, 2.24) is 0 Å². The molecule has 1 unspecified atom stereocenters. The Morgan fingerprint density at radius 2 is 1.36 bits per heavy atom. The van der Waals surface area contributed by atoms with Crippen LogP contribution in [0.5, 0.6) is 0 Å². The monoisotopic (exact) mass is 488 g/mol. The van der Waals surface area contributed by atoms with E-state index in [0.29, 0.717) is 0 Å². The Kier molecular flexibility index (Phi) is 8.57. The molecule has 0 aromatic rings. The van der Waals surface area contributed by atoms with Crippen LogP contribution in [-0.2, 0) is 28.5 Å². The van der Waals surface area contributed by atoms with Crippen molar-refractivity contribution in [3.63, 3.8) is 0 Å². The van der Waals surface area contributed by atoms with Crippen molar-refractivity contribution in [3.05, 3.63) is 0 Å². The first-order valence-corrected chi connectivity index (χ1v) is 9.99. The van der Waals surface area contributed by atoms with Gasteiger partial charge in [-0.15, -0.1) is 0 Å². The first kappa shape index (κ1) is 26.5. The van der Waals surface area contributed by atoms with Crippen molar-refractivity contribution in [2.24, 2.45) is 0 Å². The van der Waals surface area contributed by atoms with Gasteiger partial charge in [0.25, 0.3) is 0 Å². The van der Waals surface area contributed by atoms with E-state index in [-0.39, 0.29) is 0 Å². The van der Waals surface area contributed by atoms with Crippen molar-refractivity contribution in [2.45, 2.75) is 86.0 Å². The normalized spacial score (nSPS) is 51.3. The molecule has 0 aromatic carbocycles. The molecule has 33 heavy (non-hydrogen) atoms. The highest BCUT2D eigenvalue weighted by Crippen LogP contribution is 2.32. The Morgan fingerprint density at radius 3 is 1.97 bits per heavy atom. The third kappa shape index (κ3) is 5.29. The van der Waals surface area contributed by atoms with Gasteiger partial charge in [-0.2, -0.15) is 0 Å². The van der Waals surface area contributed by atoms with Crippen molar-refractivity contribution in [2.75, 3.05) is 13.2 Å². The van der Waals surface area contributed by atoms with Gasteiger partial charge in [-0.05, 0) is 0 Å². The maximum atomic E-state index is 11.4. The Labute approximate surface area is 185 Å². The SMILES string of the molecule is O=C(O)[C@H]1OC(O)[C@H](O[C@@H]2OC[C@@H](O)[C@H](O)[C@H]2O)[C@@H](O[C@@H]2O[C@H](CO)[C@H](O)[C@H](O)[C@H]2O)[C@@H]1O. The average molecular weight is 488 g/mol. The molecule has 0 amide bonds. The summed E-state index contributed by atoms with van der Waals surface area (Å²) in [5.74, 6) is -1.70. The second kappa shape index (κ2) is 10.7. The topological polar surface area (TPSA) is 266 Å². The van der Waals surface area contributed by atoms with E-state index in [1.165, 1.54) is 0 Å². The number of aliphatic hydroxyl groups excluding tert-OH is 9. The number of rotatable bonds is 6. The second-order valence-corrected chi connectivity index (χ2v) is 7.93. The highest BCUT2D eigenvalue weighted by atomic mass is 16.8. The van der Waals surface area contributed by atoms with E-state index in [1.54, 1.807) is 0 Å². The summed E-state index contributed by atoms with van der Waals surface area (Å²) < 4.78 is 25.9. The first-order valence-electron chi connectivity index (χ1n) is 9.99. The van der Waals surface area contributed by atoms with Gasteiger partial charge >= 0.3 is 5.97 Å². The lowest BCUT2D eigenvalue weighted by molar-refractivity contribution is -0.378. The van der Waals surface area contributed by atoms with Gasteiger partial charge in [-0.3, -0.25) is 0 Å². The molecular formula is C17H28O16. The summed E-state index contributed by atoms with van der Waals surface area (Å²) in [5, 5.41) is 98.9. The quantitative estimate of drug-likeness (QED) is 0.166. The summed E-state index contributed by atoms with van der Waals surface area (Å²) in [6.45, 7) is -1.28. The zero-order valence-corrected chi connectivity index (χ0v) is 16.9. The summed E-state index contributed by atoms with van der Waals surface area (Å²) in [4.78, 5) is 11.4. The minimum atomic E-state index is -2.11. The van der Waals surface area contributed by atoms with Gasteiger partial charge in [0, 0.05) is 0 Å². The minimum absolute atomic E-state index is 0.481. The first-order chi connectivity index (χ1) is 15.5. The summed E-state index contributed by atoms with van der Waals surface area (Å²) in [5.41, 5.74) is 0. The van der Waals surface area contributed by atoms with Crippen LogP contribution in [0.25, 0.3) is 0 Å². The predicted octanol–water partition coefficient (Wildman–Crippen LogP) is -6.84. The van der Waals surface area contributed by atoms with Gasteiger partial charge < -0.3 is 74.7 Å². The summed E-state index contributed by atoms with van der Waals surface area (Å²) in [6, 6.07) is 0. The average Bonchev–Trinajstić information content (AvgIpc) is 2.77. The standard InChI is InChI=1S/C17H28O16/c18-1-4-6(21)7(22)9(24)17(30-4)32-11-10(25)12(14(26)27)31-15(28)13(11)33-16-8(23)5(20)3(19)2-29-16/h3-13,15-25,28H,1-2H2,(H,26,27)/t3-,4-,5+,6+,7+,8-,9-,10+,11+,12+,13-,15?,16+,17+/m1/s1. The van der Waals surface area contributed by atoms with Crippen LogP contribution < -0.4 is 0 Å². The van der Waals surface area contributed by atoms with Gasteiger partial charge in [0.2, 0.25) is 0 Å². The number of aliphatic carboxylic acids is 1. The number of aliphatic hydroxyl groups is 9. The van der Waals surface area contributed by atoms with Gasteiger partial charge in [-0.1, -0.05) is 0 Å². The maximum Gasteiger partial charge on any atom is 0.335 e. The van der Waals surface area contributed by atoms with Crippen LogP contribution in [0.15, 0.2) is 0 Å². The largest absolute Gasteiger partial charge is 0.479 e. The van der Waals surface area contributed by atoms with E-state index in [9.17, 15) is 55.9 Å². The zero-order chi connectivity index (χ0) is 24.6. The molecule has 3 saturated heterocycles. The van der Waals surface area contributed by atoms with Crippen LogP contribution in [0.4, 0.5) is 0 Å². The lowest BCUT2D eigenvalue weighted by atomic mass is 9.96. The van der Waals surface area contributed by atoms with E-state index in [1.807, 2.05) is 0 Å². The summed E-state index contributed by atoms with van der Waals surface area (Å²) >= 11 is 0. The summed E-state index contributed by atoms with van der Waals surface area (Å²) in [7, 11) is 0. The number of carboxylic acid groups (broad SMARTS) is 1. The van der Waals surface area contributed by atoms with E-state index in [2.05, 4.69) is 0 Å². The highest BCUT2D eigenvalue weighted by molar-refractivity contribution is 5.73. The number of carboxylic acids is 1. The lowest BCUT2D eigenvalue weighted by Crippen LogP contribution is -2.66. The Hall–Kier alpha value is -1.09. The molecule has 3 rings (SSSR count). The van der Waals surface area contributed by atoms with E-state index in [4.69, 9.17) is 23.7 Å². The number of ether oxygens (including phenoxy) is 5.